The van der Waals surface area contributed by atoms with Crippen LogP contribution in [0, 0.1) is 0 Å². The molecule has 0 bridgehead atoms. The Kier molecular flexibility index (Phi) is 3.75. The molecule has 0 fully saturated rings. The Morgan fingerprint density at radius 3 is 3.15 bits per heavy atom. The van der Waals surface area contributed by atoms with E-state index in [0.717, 1.165) is 5.56 Å². The average molecular weight is 180 g/mol. The highest BCUT2D eigenvalue weighted by Crippen LogP contribution is 1.97. The molecule has 0 radical (unpaired) electrons. The minimum absolute atomic E-state index is 0.264. The third-order valence-corrected chi connectivity index (χ3v) is 1.41. The monoisotopic (exact) mass is 180 g/mol. The number of aromatic nitrogens is 1. The largest absolute Gasteiger partial charge is 0.445 e. The van der Waals surface area contributed by atoms with Gasteiger partial charge < -0.3 is 10.1 Å². The van der Waals surface area contributed by atoms with Crippen molar-refractivity contribution in [2.24, 2.45) is 0 Å². The minimum Gasteiger partial charge on any atom is -0.445 e. The molecule has 0 aliphatic rings. The second-order valence-corrected chi connectivity index (χ2v) is 2.47. The number of alkyl carbamates (subject to hydrolysis) is 1. The summed E-state index contributed by atoms with van der Waals surface area (Å²) in [5.41, 5.74) is 0.883. The smallest absolute Gasteiger partial charge is 0.407 e. The van der Waals surface area contributed by atoms with E-state index in [1.807, 2.05) is 13.0 Å². The Morgan fingerprint density at radius 1 is 1.69 bits per heavy atom. The zero-order valence-electron chi connectivity index (χ0n) is 7.49. The predicted octanol–water partition coefficient (Wildman–Crippen LogP) is 1.33. The van der Waals surface area contributed by atoms with Crippen molar-refractivity contribution in [2.75, 3.05) is 6.54 Å². The third kappa shape index (κ3) is 3.55. The van der Waals surface area contributed by atoms with Crippen LogP contribution < -0.4 is 5.32 Å². The van der Waals surface area contributed by atoms with Gasteiger partial charge in [-0.25, -0.2) is 4.79 Å². The van der Waals surface area contributed by atoms with E-state index >= 15 is 0 Å². The molecule has 0 aliphatic carbocycles. The summed E-state index contributed by atoms with van der Waals surface area (Å²) in [6.07, 6.45) is 2.95. The lowest BCUT2D eigenvalue weighted by molar-refractivity contribution is 0.140. The number of nitrogens with one attached hydrogen (secondary N) is 1. The number of pyridine rings is 1. The lowest BCUT2D eigenvalue weighted by Gasteiger charge is -2.03. The Labute approximate surface area is 76.9 Å². The van der Waals surface area contributed by atoms with Gasteiger partial charge in [0, 0.05) is 24.5 Å². The summed E-state index contributed by atoms with van der Waals surface area (Å²) in [6, 6.07) is 3.66. The van der Waals surface area contributed by atoms with Gasteiger partial charge in [0.15, 0.2) is 0 Å². The molecule has 0 spiro atoms. The van der Waals surface area contributed by atoms with Crippen LogP contribution in [0.25, 0.3) is 0 Å². The Hall–Kier alpha value is -1.58. The van der Waals surface area contributed by atoms with E-state index in [1.54, 1.807) is 18.5 Å². The standard InChI is InChI=1S/C9H12N2O2/c1-2-11-9(12)13-7-8-4-3-5-10-6-8/h3-6H,2,7H2,1H3,(H,11,12). The quantitative estimate of drug-likeness (QED) is 0.763. The molecule has 1 aromatic rings. The maximum atomic E-state index is 10.9. The Morgan fingerprint density at radius 2 is 2.54 bits per heavy atom. The number of hydrogen-bond acceptors (Lipinski definition) is 3. The molecule has 1 aromatic heterocycles. The van der Waals surface area contributed by atoms with Gasteiger partial charge in [-0.3, -0.25) is 4.98 Å². The van der Waals surface area contributed by atoms with E-state index < -0.39 is 6.09 Å². The molecule has 4 nitrogen and oxygen atoms in total. The summed E-state index contributed by atoms with van der Waals surface area (Å²) in [7, 11) is 0. The lowest BCUT2D eigenvalue weighted by atomic mass is 10.3. The molecule has 0 atom stereocenters. The Bertz CT molecular complexity index is 262. The fourth-order valence-corrected chi connectivity index (χ4v) is 0.828. The van der Waals surface area contributed by atoms with E-state index in [9.17, 15) is 4.79 Å². The van der Waals surface area contributed by atoms with Crippen molar-refractivity contribution in [1.82, 2.24) is 10.3 Å². The highest BCUT2D eigenvalue weighted by Gasteiger charge is 1.99. The summed E-state index contributed by atoms with van der Waals surface area (Å²) in [5.74, 6) is 0. The number of rotatable bonds is 3. The molecule has 1 rings (SSSR count). The molecular formula is C9H12N2O2. The number of carbonyl (C=O) groups is 1. The second kappa shape index (κ2) is 5.13. The normalized spacial score (nSPS) is 9.31. The average Bonchev–Trinajstić information content (AvgIpc) is 2.17. The first-order valence-electron chi connectivity index (χ1n) is 4.12. The third-order valence-electron chi connectivity index (χ3n) is 1.41. The van der Waals surface area contributed by atoms with Crippen LogP contribution in [-0.2, 0) is 11.3 Å². The van der Waals surface area contributed by atoms with Crippen LogP contribution in [0.2, 0.25) is 0 Å². The van der Waals surface area contributed by atoms with Crippen molar-refractivity contribution in [3.8, 4) is 0 Å². The Balaban J connectivity index is 2.31. The maximum Gasteiger partial charge on any atom is 0.407 e. The van der Waals surface area contributed by atoms with Gasteiger partial charge in [0.25, 0.3) is 0 Å². The zero-order valence-corrected chi connectivity index (χ0v) is 7.49. The number of carbonyl (C=O) groups excluding carboxylic acids is 1. The van der Waals surface area contributed by atoms with Gasteiger partial charge in [-0.05, 0) is 13.0 Å². The highest BCUT2D eigenvalue weighted by molar-refractivity contribution is 5.66. The van der Waals surface area contributed by atoms with Crippen molar-refractivity contribution in [2.45, 2.75) is 13.5 Å². The summed E-state index contributed by atoms with van der Waals surface area (Å²) in [4.78, 5) is 14.8. The van der Waals surface area contributed by atoms with E-state index in [-0.39, 0.29) is 6.61 Å². The van der Waals surface area contributed by atoms with Gasteiger partial charge in [-0.15, -0.1) is 0 Å². The first-order chi connectivity index (χ1) is 6.33. The molecule has 1 amide bonds. The van der Waals surface area contributed by atoms with E-state index in [4.69, 9.17) is 4.74 Å². The van der Waals surface area contributed by atoms with E-state index in [1.165, 1.54) is 0 Å². The first-order valence-corrected chi connectivity index (χ1v) is 4.12. The predicted molar refractivity (Wildman–Crippen MR) is 48.1 cm³/mol. The van der Waals surface area contributed by atoms with E-state index in [0.29, 0.717) is 6.54 Å². The van der Waals surface area contributed by atoms with Gasteiger partial charge in [-0.1, -0.05) is 6.07 Å². The maximum absolute atomic E-state index is 10.9. The van der Waals surface area contributed by atoms with Gasteiger partial charge in [0.2, 0.25) is 0 Å². The molecule has 70 valence electrons. The van der Waals surface area contributed by atoms with Gasteiger partial charge in [0.05, 0.1) is 0 Å². The number of nitrogens with zero attached hydrogens (tertiary/aromatic N) is 1. The molecule has 0 unspecified atom stereocenters. The summed E-state index contributed by atoms with van der Waals surface area (Å²) in [5, 5.41) is 2.53. The second-order valence-electron chi connectivity index (χ2n) is 2.47. The molecule has 0 aromatic carbocycles. The van der Waals surface area contributed by atoms with Crippen molar-refractivity contribution >= 4 is 6.09 Å². The van der Waals surface area contributed by atoms with Gasteiger partial charge >= 0.3 is 6.09 Å². The van der Waals surface area contributed by atoms with Crippen LogP contribution in [0.15, 0.2) is 24.5 Å². The van der Waals surface area contributed by atoms with Gasteiger partial charge in [-0.2, -0.15) is 0 Å². The highest BCUT2D eigenvalue weighted by atomic mass is 16.5. The zero-order chi connectivity index (χ0) is 9.52. The summed E-state index contributed by atoms with van der Waals surface area (Å²) in [6.45, 7) is 2.68. The molecule has 13 heavy (non-hydrogen) atoms. The van der Waals surface area contributed by atoms with Crippen molar-refractivity contribution in [3.05, 3.63) is 30.1 Å². The summed E-state index contributed by atoms with van der Waals surface area (Å²) >= 11 is 0. The molecule has 1 heterocycles. The molecule has 0 saturated carbocycles. The molecule has 0 aliphatic heterocycles. The SMILES string of the molecule is CCNC(=O)OCc1cccnc1. The van der Waals surface area contributed by atoms with Crippen LogP contribution in [0.4, 0.5) is 4.79 Å². The van der Waals surface area contributed by atoms with Crippen molar-refractivity contribution in [1.29, 1.82) is 0 Å². The number of hydrogen-bond donors (Lipinski definition) is 1. The first kappa shape index (κ1) is 9.51. The topological polar surface area (TPSA) is 51.2 Å². The lowest BCUT2D eigenvalue weighted by Crippen LogP contribution is -2.23. The van der Waals surface area contributed by atoms with Crippen LogP contribution in [-0.4, -0.2) is 17.6 Å². The summed E-state index contributed by atoms with van der Waals surface area (Å²) < 4.78 is 4.88. The fraction of sp³-hybridized carbons (Fsp3) is 0.333. The van der Waals surface area contributed by atoms with Crippen LogP contribution >= 0.6 is 0 Å². The van der Waals surface area contributed by atoms with Crippen molar-refractivity contribution in [3.63, 3.8) is 0 Å². The van der Waals surface area contributed by atoms with Crippen LogP contribution in [0.5, 0.6) is 0 Å². The van der Waals surface area contributed by atoms with Crippen LogP contribution in [0.3, 0.4) is 0 Å². The molecule has 1 N–H and O–H groups in total. The van der Waals surface area contributed by atoms with Crippen LogP contribution in [0.1, 0.15) is 12.5 Å². The van der Waals surface area contributed by atoms with Crippen molar-refractivity contribution < 1.29 is 9.53 Å². The molecule has 0 saturated heterocycles. The van der Waals surface area contributed by atoms with Gasteiger partial charge in [0.1, 0.15) is 6.61 Å². The number of ether oxygens (including phenoxy) is 1. The minimum atomic E-state index is -0.397. The van der Waals surface area contributed by atoms with E-state index in [2.05, 4.69) is 10.3 Å². The fourth-order valence-electron chi connectivity index (χ4n) is 0.828. The number of amides is 1. The molecular weight excluding hydrogens is 168 g/mol. The molecule has 4 heteroatoms.